The van der Waals surface area contributed by atoms with Gasteiger partial charge in [-0.05, 0) is 74.4 Å². The van der Waals surface area contributed by atoms with Crippen LogP contribution in [0.4, 0.5) is 5.95 Å². The van der Waals surface area contributed by atoms with Crippen molar-refractivity contribution in [2.75, 3.05) is 24.6 Å². The van der Waals surface area contributed by atoms with Gasteiger partial charge in [-0.3, -0.25) is 0 Å². The summed E-state index contributed by atoms with van der Waals surface area (Å²) in [5, 5.41) is 10.5. The van der Waals surface area contributed by atoms with Crippen molar-refractivity contribution < 1.29 is 14.6 Å². The fourth-order valence-electron chi connectivity index (χ4n) is 4.48. The molecule has 4 rings (SSSR count). The third-order valence-electron chi connectivity index (χ3n) is 6.31. The highest BCUT2D eigenvalue weighted by Gasteiger charge is 2.29. The van der Waals surface area contributed by atoms with Crippen LogP contribution in [0.5, 0.6) is 5.75 Å². The van der Waals surface area contributed by atoms with E-state index < -0.39 is 5.97 Å². The van der Waals surface area contributed by atoms with Crippen molar-refractivity contribution in [3.63, 3.8) is 0 Å². The topological polar surface area (TPSA) is 102 Å². The zero-order chi connectivity index (χ0) is 24.6. The minimum atomic E-state index is -1.02. The van der Waals surface area contributed by atoms with E-state index in [4.69, 9.17) is 27.1 Å². The van der Waals surface area contributed by atoms with Crippen molar-refractivity contribution in [3.8, 4) is 5.75 Å². The van der Waals surface area contributed by atoms with Crippen LogP contribution in [0.3, 0.4) is 0 Å². The van der Waals surface area contributed by atoms with Gasteiger partial charge in [-0.15, -0.1) is 0 Å². The first-order chi connectivity index (χ1) is 17.1. The van der Waals surface area contributed by atoms with E-state index in [1.54, 1.807) is 0 Å². The summed E-state index contributed by atoms with van der Waals surface area (Å²) in [4.78, 5) is 23.3. The minimum absolute atomic E-state index is 0.136. The molecular formula is C27H31ClN4O3. The molecule has 2 heterocycles. The average Bonchev–Trinajstić information content (AvgIpc) is 3.36. The molecule has 1 aliphatic rings. The van der Waals surface area contributed by atoms with Crippen LogP contribution in [0.15, 0.2) is 54.7 Å². The molecule has 0 bridgehead atoms. The Morgan fingerprint density at radius 3 is 2.71 bits per heavy atom. The zero-order valence-electron chi connectivity index (χ0n) is 19.7. The first-order valence-corrected chi connectivity index (χ1v) is 12.5. The molecule has 0 amide bonds. The first-order valence-electron chi connectivity index (χ1n) is 12.1. The second-order valence-electron chi connectivity index (χ2n) is 8.69. The number of nitrogens with two attached hydrogens (primary N) is 1. The van der Waals surface area contributed by atoms with Gasteiger partial charge < -0.3 is 20.5 Å². The largest absolute Gasteiger partial charge is 0.493 e. The van der Waals surface area contributed by atoms with Crippen LogP contribution in [0.2, 0.25) is 5.02 Å². The molecule has 1 aliphatic heterocycles. The normalized spacial score (nSPS) is 15.4. The van der Waals surface area contributed by atoms with Gasteiger partial charge in [0.05, 0.1) is 23.9 Å². The fraction of sp³-hybridized carbons (Fsp3) is 0.370. The maximum atomic E-state index is 11.9. The molecule has 35 heavy (non-hydrogen) atoms. The molecule has 3 N–H and O–H groups in total. The molecule has 0 aliphatic carbocycles. The number of aromatic nitrogens is 2. The zero-order valence-corrected chi connectivity index (χ0v) is 20.5. The molecule has 7 nitrogen and oxygen atoms in total. The van der Waals surface area contributed by atoms with Crippen molar-refractivity contribution in [3.05, 3.63) is 82.1 Å². The van der Waals surface area contributed by atoms with Crippen molar-refractivity contribution in [1.82, 2.24) is 9.97 Å². The third-order valence-corrected chi connectivity index (χ3v) is 6.56. The van der Waals surface area contributed by atoms with Gasteiger partial charge in [-0.1, -0.05) is 41.9 Å². The van der Waals surface area contributed by atoms with E-state index in [1.165, 1.54) is 6.20 Å². The van der Waals surface area contributed by atoms with E-state index >= 15 is 0 Å². The summed E-state index contributed by atoms with van der Waals surface area (Å²) >= 11 is 6.07. The van der Waals surface area contributed by atoms with Gasteiger partial charge in [0.1, 0.15) is 5.75 Å². The number of hydrogen-bond acceptors (Lipinski definition) is 6. The second-order valence-corrected chi connectivity index (χ2v) is 9.13. The highest BCUT2D eigenvalue weighted by atomic mass is 35.5. The number of carboxylic acids is 1. The lowest BCUT2D eigenvalue weighted by atomic mass is 10.0. The molecule has 0 saturated carbocycles. The molecule has 0 spiro atoms. The van der Waals surface area contributed by atoms with Crippen molar-refractivity contribution in [1.29, 1.82) is 0 Å². The third kappa shape index (κ3) is 6.29. The molecule has 8 heteroatoms. The number of benzene rings is 2. The van der Waals surface area contributed by atoms with Crippen LogP contribution in [0, 0.1) is 0 Å². The SMILES string of the molecule is NCCCCOc1ccccc1CCc1nc(N2CCC[C@@H]2c2ccc(Cl)cc2)ncc1C(=O)O. The Morgan fingerprint density at radius 1 is 1.14 bits per heavy atom. The monoisotopic (exact) mass is 494 g/mol. The number of nitrogens with zero attached hydrogens (tertiary/aromatic N) is 3. The van der Waals surface area contributed by atoms with E-state index in [0.717, 1.165) is 49.1 Å². The highest BCUT2D eigenvalue weighted by molar-refractivity contribution is 6.30. The smallest absolute Gasteiger partial charge is 0.339 e. The van der Waals surface area contributed by atoms with E-state index in [1.807, 2.05) is 48.5 Å². The standard InChI is InChI=1S/C27H31ClN4O3/c28-21-12-9-19(10-13-21)24-7-5-16-32(24)27-30-18-22(26(33)34)23(31-27)14-11-20-6-1-2-8-25(20)35-17-4-3-15-29/h1-2,6,8-10,12-13,18,24H,3-5,7,11,14-17,29H2,(H,33,34)/t24-/m1/s1. The van der Waals surface area contributed by atoms with E-state index in [-0.39, 0.29) is 11.6 Å². The Balaban J connectivity index is 1.54. The van der Waals surface area contributed by atoms with Crippen LogP contribution < -0.4 is 15.4 Å². The Morgan fingerprint density at radius 2 is 1.94 bits per heavy atom. The summed E-state index contributed by atoms with van der Waals surface area (Å²) in [6.45, 7) is 2.07. The van der Waals surface area contributed by atoms with Gasteiger partial charge in [0.15, 0.2) is 0 Å². The number of aromatic carboxylic acids is 1. The maximum Gasteiger partial charge on any atom is 0.339 e. The molecule has 3 aromatic rings. The van der Waals surface area contributed by atoms with Gasteiger partial charge in [0.25, 0.3) is 0 Å². The van der Waals surface area contributed by atoms with Crippen LogP contribution in [0.25, 0.3) is 0 Å². The van der Waals surface area contributed by atoms with Crippen LogP contribution in [0.1, 0.15) is 58.9 Å². The van der Waals surface area contributed by atoms with Crippen LogP contribution in [-0.4, -0.2) is 40.7 Å². The van der Waals surface area contributed by atoms with Gasteiger partial charge in [0.2, 0.25) is 5.95 Å². The summed E-state index contributed by atoms with van der Waals surface area (Å²) < 4.78 is 5.96. The Hall–Kier alpha value is -3.16. The van der Waals surface area contributed by atoms with Crippen LogP contribution >= 0.6 is 11.6 Å². The molecule has 1 saturated heterocycles. The number of carbonyl (C=O) groups is 1. The number of rotatable bonds is 11. The molecule has 0 unspecified atom stereocenters. The maximum absolute atomic E-state index is 11.9. The van der Waals surface area contributed by atoms with Gasteiger partial charge in [-0.2, -0.15) is 0 Å². The molecule has 1 fully saturated rings. The van der Waals surface area contributed by atoms with Gasteiger partial charge >= 0.3 is 5.97 Å². The summed E-state index contributed by atoms with van der Waals surface area (Å²) in [6, 6.07) is 15.8. The molecule has 1 aromatic heterocycles. The summed E-state index contributed by atoms with van der Waals surface area (Å²) in [7, 11) is 0. The fourth-order valence-corrected chi connectivity index (χ4v) is 4.61. The summed E-state index contributed by atoms with van der Waals surface area (Å²) in [5.74, 6) is 0.361. The Bertz CT molecular complexity index is 1140. The molecular weight excluding hydrogens is 464 g/mol. The molecule has 1 atom stereocenters. The molecule has 0 radical (unpaired) electrons. The van der Waals surface area contributed by atoms with Crippen molar-refractivity contribution in [2.24, 2.45) is 5.73 Å². The first kappa shape index (κ1) is 24.9. The van der Waals surface area contributed by atoms with E-state index in [9.17, 15) is 9.90 Å². The average molecular weight is 495 g/mol. The lowest BCUT2D eigenvalue weighted by Crippen LogP contribution is -2.25. The minimum Gasteiger partial charge on any atom is -0.493 e. The lowest BCUT2D eigenvalue weighted by molar-refractivity contribution is 0.0694. The van der Waals surface area contributed by atoms with Gasteiger partial charge in [0, 0.05) is 17.8 Å². The summed E-state index contributed by atoms with van der Waals surface area (Å²) in [5.41, 5.74) is 8.41. The van der Waals surface area contributed by atoms with Gasteiger partial charge in [-0.25, -0.2) is 14.8 Å². The highest BCUT2D eigenvalue weighted by Crippen LogP contribution is 2.35. The molecule has 2 aromatic carbocycles. The Labute approximate surface area is 210 Å². The Kier molecular flexibility index (Phi) is 8.55. The molecule has 184 valence electrons. The van der Waals surface area contributed by atoms with E-state index in [0.29, 0.717) is 42.7 Å². The number of ether oxygens (including phenoxy) is 1. The predicted molar refractivity (Wildman–Crippen MR) is 137 cm³/mol. The van der Waals surface area contributed by atoms with E-state index in [2.05, 4.69) is 9.88 Å². The van der Waals surface area contributed by atoms with Crippen molar-refractivity contribution in [2.45, 2.75) is 44.6 Å². The second kappa shape index (κ2) is 12.0. The van der Waals surface area contributed by atoms with Crippen molar-refractivity contribution >= 4 is 23.5 Å². The number of halogens is 1. The summed E-state index contributed by atoms with van der Waals surface area (Å²) in [6.07, 6.45) is 6.34. The van der Waals surface area contributed by atoms with Crippen LogP contribution in [-0.2, 0) is 12.8 Å². The quantitative estimate of drug-likeness (QED) is 0.359. The number of unbranched alkanes of at least 4 members (excludes halogenated alkanes) is 1. The number of hydrogen-bond donors (Lipinski definition) is 2. The predicted octanol–water partition coefficient (Wildman–Crippen LogP) is 5.07. The number of para-hydroxylation sites is 1. The number of carboxylic acid groups (broad SMARTS) is 1. The number of anilines is 1. The number of aryl methyl sites for hydroxylation is 2. The lowest BCUT2D eigenvalue weighted by Gasteiger charge is -2.25.